The van der Waals surface area contributed by atoms with Gasteiger partial charge in [-0.05, 0) is 29.7 Å². The van der Waals surface area contributed by atoms with Crippen LogP contribution in [0.3, 0.4) is 0 Å². The van der Waals surface area contributed by atoms with E-state index in [0.29, 0.717) is 26.2 Å². The van der Waals surface area contributed by atoms with Crippen LogP contribution < -0.4 is 0 Å². The number of carboxylic acid groups (broad SMARTS) is 1. The number of rotatable bonds is 4. The largest absolute Gasteiger partial charge is 0.481 e. The van der Waals surface area contributed by atoms with Gasteiger partial charge >= 0.3 is 5.97 Å². The Bertz CT molecular complexity index is 641. The van der Waals surface area contributed by atoms with Crippen molar-refractivity contribution in [3.05, 3.63) is 68.7 Å². The zero-order valence-corrected chi connectivity index (χ0v) is 12.6. The Balaban J connectivity index is 2.39. The Hall–Kier alpha value is -1.22. The number of benzene rings is 2. The van der Waals surface area contributed by atoms with Crippen LogP contribution >= 0.6 is 34.8 Å². The van der Waals surface area contributed by atoms with E-state index >= 15 is 0 Å². The number of hydrogen-bond acceptors (Lipinski definition) is 1. The topological polar surface area (TPSA) is 37.3 Å². The third-order valence-corrected chi connectivity index (χ3v) is 4.24. The number of halogens is 3. The molecule has 1 N–H and O–H groups in total. The standard InChI is InChI=1S/C15H11Cl3O2/c16-12-6-2-1-5-10(12)11(15(19)20)8-9-4-3-7-13(17)14(9)18/h1-7,11H,8H2,(H,19,20). The first-order chi connectivity index (χ1) is 9.50. The molecule has 1 atom stereocenters. The molecular weight excluding hydrogens is 319 g/mol. The van der Waals surface area contributed by atoms with E-state index in [2.05, 4.69) is 0 Å². The Morgan fingerprint density at radius 3 is 2.30 bits per heavy atom. The predicted octanol–water partition coefficient (Wildman–Crippen LogP) is 5.06. The normalized spacial score (nSPS) is 12.2. The number of aliphatic carboxylic acids is 1. The fraction of sp³-hybridized carbons (Fsp3) is 0.133. The average Bonchev–Trinajstić information content (AvgIpc) is 2.41. The minimum absolute atomic E-state index is 0.235. The zero-order valence-electron chi connectivity index (χ0n) is 10.3. The highest BCUT2D eigenvalue weighted by atomic mass is 35.5. The molecule has 2 nitrogen and oxygen atoms in total. The van der Waals surface area contributed by atoms with Crippen molar-refractivity contribution in [2.75, 3.05) is 0 Å². The molecule has 0 aliphatic rings. The molecule has 2 aromatic rings. The number of hydrogen-bond donors (Lipinski definition) is 1. The highest BCUT2D eigenvalue weighted by Gasteiger charge is 2.23. The van der Waals surface area contributed by atoms with Crippen molar-refractivity contribution in [2.45, 2.75) is 12.3 Å². The van der Waals surface area contributed by atoms with Crippen molar-refractivity contribution in [2.24, 2.45) is 0 Å². The number of carboxylic acids is 1. The summed E-state index contributed by atoms with van der Waals surface area (Å²) in [6.07, 6.45) is 0.235. The van der Waals surface area contributed by atoms with Crippen molar-refractivity contribution in [1.82, 2.24) is 0 Å². The smallest absolute Gasteiger partial charge is 0.311 e. The molecule has 104 valence electrons. The van der Waals surface area contributed by atoms with Gasteiger partial charge in [0.2, 0.25) is 0 Å². The van der Waals surface area contributed by atoms with Crippen LogP contribution in [0.4, 0.5) is 0 Å². The first-order valence-corrected chi connectivity index (χ1v) is 7.04. The summed E-state index contributed by atoms with van der Waals surface area (Å²) < 4.78 is 0. The fourth-order valence-corrected chi connectivity index (χ4v) is 2.68. The van der Waals surface area contributed by atoms with E-state index < -0.39 is 11.9 Å². The molecule has 0 radical (unpaired) electrons. The molecule has 0 aromatic heterocycles. The fourth-order valence-electron chi connectivity index (χ4n) is 2.01. The van der Waals surface area contributed by atoms with Gasteiger partial charge in [-0.1, -0.05) is 65.1 Å². The van der Waals surface area contributed by atoms with Gasteiger partial charge in [0, 0.05) is 5.02 Å². The van der Waals surface area contributed by atoms with E-state index in [-0.39, 0.29) is 6.42 Å². The summed E-state index contributed by atoms with van der Waals surface area (Å²) in [5, 5.41) is 10.7. The lowest BCUT2D eigenvalue weighted by molar-refractivity contribution is -0.138. The quantitative estimate of drug-likeness (QED) is 0.851. The molecule has 20 heavy (non-hydrogen) atoms. The molecule has 0 fully saturated rings. The zero-order chi connectivity index (χ0) is 14.7. The first-order valence-electron chi connectivity index (χ1n) is 5.91. The van der Waals surface area contributed by atoms with Crippen molar-refractivity contribution in [3.8, 4) is 0 Å². The van der Waals surface area contributed by atoms with Crippen LogP contribution in [0.15, 0.2) is 42.5 Å². The van der Waals surface area contributed by atoms with E-state index in [1.54, 1.807) is 42.5 Å². The molecule has 0 amide bonds. The van der Waals surface area contributed by atoms with Crippen LogP contribution in [0, 0.1) is 0 Å². The summed E-state index contributed by atoms with van der Waals surface area (Å²) in [5.74, 6) is -1.71. The van der Waals surface area contributed by atoms with Gasteiger partial charge in [-0.2, -0.15) is 0 Å². The van der Waals surface area contributed by atoms with Gasteiger partial charge < -0.3 is 5.11 Å². The SMILES string of the molecule is O=C(O)C(Cc1cccc(Cl)c1Cl)c1ccccc1Cl. The van der Waals surface area contributed by atoms with Gasteiger partial charge in [0.15, 0.2) is 0 Å². The number of carbonyl (C=O) groups is 1. The second-order valence-corrected chi connectivity index (χ2v) is 5.52. The maximum atomic E-state index is 11.5. The van der Waals surface area contributed by atoms with Crippen LogP contribution in [0.5, 0.6) is 0 Å². The van der Waals surface area contributed by atoms with E-state index in [1.165, 1.54) is 0 Å². The molecule has 0 saturated carbocycles. The highest BCUT2D eigenvalue weighted by molar-refractivity contribution is 6.42. The molecule has 0 heterocycles. The molecule has 2 aromatic carbocycles. The minimum atomic E-state index is -0.950. The first kappa shape index (κ1) is 15.2. The maximum Gasteiger partial charge on any atom is 0.311 e. The van der Waals surface area contributed by atoms with E-state index in [1.807, 2.05) is 0 Å². The summed E-state index contributed by atoms with van der Waals surface area (Å²) in [7, 11) is 0. The lowest BCUT2D eigenvalue weighted by Gasteiger charge is -2.15. The summed E-state index contributed by atoms with van der Waals surface area (Å²) in [5.41, 5.74) is 1.25. The van der Waals surface area contributed by atoms with Gasteiger partial charge in [-0.15, -0.1) is 0 Å². The van der Waals surface area contributed by atoms with Gasteiger partial charge in [-0.25, -0.2) is 0 Å². The van der Waals surface area contributed by atoms with E-state index in [4.69, 9.17) is 34.8 Å². The molecule has 0 saturated heterocycles. The summed E-state index contributed by atoms with van der Waals surface area (Å²) >= 11 is 18.1. The van der Waals surface area contributed by atoms with Gasteiger partial charge in [-0.3, -0.25) is 4.79 Å². The Morgan fingerprint density at radius 2 is 1.65 bits per heavy atom. The molecule has 2 rings (SSSR count). The van der Waals surface area contributed by atoms with Crippen LogP contribution in [0.25, 0.3) is 0 Å². The molecule has 0 bridgehead atoms. The third kappa shape index (κ3) is 3.26. The lowest BCUT2D eigenvalue weighted by atomic mass is 9.92. The average molecular weight is 330 g/mol. The third-order valence-electron chi connectivity index (χ3n) is 3.03. The van der Waals surface area contributed by atoms with Crippen molar-refractivity contribution in [3.63, 3.8) is 0 Å². The highest BCUT2D eigenvalue weighted by Crippen LogP contribution is 2.32. The lowest BCUT2D eigenvalue weighted by Crippen LogP contribution is -2.15. The Labute approximate surface area is 131 Å². The van der Waals surface area contributed by atoms with E-state index in [9.17, 15) is 9.90 Å². The summed E-state index contributed by atoms with van der Waals surface area (Å²) in [4.78, 5) is 11.5. The van der Waals surface area contributed by atoms with E-state index in [0.717, 1.165) is 0 Å². The molecule has 0 aliphatic heterocycles. The Kier molecular flexibility index (Phi) is 4.92. The van der Waals surface area contributed by atoms with Crippen LogP contribution in [-0.2, 0) is 11.2 Å². The van der Waals surface area contributed by atoms with Gasteiger partial charge in [0.1, 0.15) is 0 Å². The molecular formula is C15H11Cl3O2. The minimum Gasteiger partial charge on any atom is -0.481 e. The van der Waals surface area contributed by atoms with Gasteiger partial charge in [0.25, 0.3) is 0 Å². The molecule has 1 unspecified atom stereocenters. The van der Waals surface area contributed by atoms with Crippen LogP contribution in [-0.4, -0.2) is 11.1 Å². The van der Waals surface area contributed by atoms with Crippen molar-refractivity contribution >= 4 is 40.8 Å². The Morgan fingerprint density at radius 1 is 1.00 bits per heavy atom. The summed E-state index contributed by atoms with van der Waals surface area (Å²) in [6, 6.07) is 12.1. The maximum absolute atomic E-state index is 11.5. The van der Waals surface area contributed by atoms with Gasteiger partial charge in [0.05, 0.1) is 16.0 Å². The monoisotopic (exact) mass is 328 g/mol. The second kappa shape index (κ2) is 6.49. The summed E-state index contributed by atoms with van der Waals surface area (Å²) in [6.45, 7) is 0. The molecule has 5 heteroatoms. The van der Waals surface area contributed by atoms with Crippen LogP contribution in [0.1, 0.15) is 17.0 Å². The molecule has 0 aliphatic carbocycles. The second-order valence-electron chi connectivity index (χ2n) is 4.33. The predicted molar refractivity (Wildman–Crippen MR) is 82.0 cm³/mol. The van der Waals surface area contributed by atoms with Crippen LogP contribution in [0.2, 0.25) is 15.1 Å². The van der Waals surface area contributed by atoms with Crippen molar-refractivity contribution in [1.29, 1.82) is 0 Å². The molecule has 0 spiro atoms. The van der Waals surface area contributed by atoms with Crippen molar-refractivity contribution < 1.29 is 9.90 Å².